The van der Waals surface area contributed by atoms with Crippen molar-refractivity contribution in [3.63, 3.8) is 0 Å². The van der Waals surface area contributed by atoms with Crippen LogP contribution in [0.1, 0.15) is 36.9 Å². The van der Waals surface area contributed by atoms with Crippen LogP contribution in [0.2, 0.25) is 0 Å². The number of hydrogen-bond donors (Lipinski definition) is 3. The van der Waals surface area contributed by atoms with Gasteiger partial charge in [0.05, 0.1) is 18.6 Å². The Morgan fingerprint density at radius 3 is 2.96 bits per heavy atom. The summed E-state index contributed by atoms with van der Waals surface area (Å²) in [6.45, 7) is 2.80. The third-order valence-electron chi connectivity index (χ3n) is 5.17. The highest BCUT2D eigenvalue weighted by Gasteiger charge is 2.21. The maximum atomic E-state index is 6.32. The molecule has 0 bridgehead atoms. The summed E-state index contributed by atoms with van der Waals surface area (Å²) in [5.41, 5.74) is 12.8. The van der Waals surface area contributed by atoms with Crippen molar-refractivity contribution in [2.45, 2.75) is 32.4 Å². The molecule has 6 nitrogen and oxygen atoms in total. The first-order valence-corrected chi connectivity index (χ1v) is 9.44. The van der Waals surface area contributed by atoms with Gasteiger partial charge in [-0.05, 0) is 29.7 Å². The molecule has 4 N–H and O–H groups in total. The predicted octanol–water partition coefficient (Wildman–Crippen LogP) is 4.05. The molecule has 0 radical (unpaired) electrons. The number of nitrogens with zero attached hydrogens (tertiary/aromatic N) is 3. The van der Waals surface area contributed by atoms with Crippen molar-refractivity contribution in [1.82, 2.24) is 9.97 Å². The van der Waals surface area contributed by atoms with E-state index < -0.39 is 0 Å². The van der Waals surface area contributed by atoms with Crippen molar-refractivity contribution in [1.29, 1.82) is 0 Å². The third kappa shape index (κ3) is 3.06. The van der Waals surface area contributed by atoms with Crippen molar-refractivity contribution < 1.29 is 0 Å². The van der Waals surface area contributed by atoms with Crippen LogP contribution in [-0.2, 0) is 6.54 Å². The van der Waals surface area contributed by atoms with Crippen LogP contribution in [0.15, 0.2) is 35.3 Å². The molecule has 27 heavy (non-hydrogen) atoms. The topological polar surface area (TPSA) is 82.3 Å². The lowest BCUT2D eigenvalue weighted by Crippen LogP contribution is -2.21. The average Bonchev–Trinajstić information content (AvgIpc) is 3.11. The van der Waals surface area contributed by atoms with Gasteiger partial charge >= 0.3 is 0 Å². The molecule has 0 spiro atoms. The summed E-state index contributed by atoms with van der Waals surface area (Å²) in [6, 6.07) is 10.7. The Balaban J connectivity index is 1.83. The van der Waals surface area contributed by atoms with E-state index in [1.54, 1.807) is 0 Å². The SMILES string of the molecule is CCCC(N)c1cccc(-c2cc3c4c(c(NC)nc3[nH]2)CN=CN4C)c1. The summed E-state index contributed by atoms with van der Waals surface area (Å²) in [7, 11) is 3.92. The van der Waals surface area contributed by atoms with Crippen LogP contribution in [0.5, 0.6) is 0 Å². The smallest absolute Gasteiger partial charge is 0.142 e. The number of benzene rings is 1. The third-order valence-corrected chi connectivity index (χ3v) is 5.17. The summed E-state index contributed by atoms with van der Waals surface area (Å²) in [5.74, 6) is 0.869. The Morgan fingerprint density at radius 1 is 1.33 bits per heavy atom. The number of anilines is 2. The maximum Gasteiger partial charge on any atom is 0.142 e. The Labute approximate surface area is 159 Å². The van der Waals surface area contributed by atoms with Gasteiger partial charge in [-0.15, -0.1) is 0 Å². The lowest BCUT2D eigenvalue weighted by molar-refractivity contribution is 0.638. The van der Waals surface area contributed by atoms with E-state index in [1.807, 2.05) is 20.4 Å². The molecule has 2 aromatic heterocycles. The molecule has 0 amide bonds. The first kappa shape index (κ1) is 17.5. The lowest BCUT2D eigenvalue weighted by atomic mass is 10.00. The van der Waals surface area contributed by atoms with Gasteiger partial charge in [0.25, 0.3) is 0 Å². The summed E-state index contributed by atoms with van der Waals surface area (Å²) < 4.78 is 0. The minimum Gasteiger partial charge on any atom is -0.373 e. The Hall–Kier alpha value is -2.86. The molecule has 1 aromatic carbocycles. The van der Waals surface area contributed by atoms with Gasteiger partial charge in [-0.1, -0.05) is 31.5 Å². The minimum atomic E-state index is 0.0726. The number of pyridine rings is 1. The minimum absolute atomic E-state index is 0.0726. The van der Waals surface area contributed by atoms with E-state index in [4.69, 9.17) is 10.7 Å². The van der Waals surface area contributed by atoms with Crippen LogP contribution < -0.4 is 16.0 Å². The number of aromatic amines is 1. The highest BCUT2D eigenvalue weighted by molar-refractivity contribution is 6.02. The number of aromatic nitrogens is 2. The summed E-state index contributed by atoms with van der Waals surface area (Å²) >= 11 is 0. The predicted molar refractivity (Wildman–Crippen MR) is 114 cm³/mol. The normalized spacial score (nSPS) is 14.4. The fraction of sp³-hybridized carbons (Fsp3) is 0.333. The second-order valence-corrected chi connectivity index (χ2v) is 7.07. The Kier molecular flexibility index (Phi) is 4.58. The largest absolute Gasteiger partial charge is 0.373 e. The molecule has 0 saturated carbocycles. The zero-order valence-corrected chi connectivity index (χ0v) is 16.1. The van der Waals surface area contributed by atoms with E-state index in [1.165, 1.54) is 5.56 Å². The van der Waals surface area contributed by atoms with Crippen molar-refractivity contribution >= 4 is 28.9 Å². The van der Waals surface area contributed by atoms with Crippen LogP contribution in [0.25, 0.3) is 22.3 Å². The Morgan fingerprint density at radius 2 is 2.19 bits per heavy atom. The molecular formula is C21H26N6. The standard InChI is InChI=1S/C21H26N6/c1-4-6-17(22)13-7-5-8-14(9-13)18-10-15-19-16(11-24-12-27(19)3)20(23-2)26-21(15)25-18/h5,7-10,12,17H,4,6,11,22H2,1-3H3,(H2,23,25,26). The molecular weight excluding hydrogens is 336 g/mol. The molecule has 0 aliphatic carbocycles. The number of aliphatic imine (C=N–C) groups is 1. The molecule has 4 rings (SSSR count). The number of nitrogens with one attached hydrogen (secondary N) is 2. The van der Waals surface area contributed by atoms with Crippen molar-refractivity contribution in [3.05, 3.63) is 41.5 Å². The zero-order chi connectivity index (χ0) is 19.0. The van der Waals surface area contributed by atoms with Crippen molar-refractivity contribution in [3.8, 4) is 11.3 Å². The highest BCUT2D eigenvalue weighted by atomic mass is 15.2. The van der Waals surface area contributed by atoms with Gasteiger partial charge in [-0.2, -0.15) is 0 Å². The van der Waals surface area contributed by atoms with Crippen LogP contribution in [-0.4, -0.2) is 30.4 Å². The average molecular weight is 362 g/mol. The molecule has 0 fully saturated rings. The number of hydrogen-bond acceptors (Lipinski definition) is 5. The van der Waals surface area contributed by atoms with Crippen LogP contribution in [0, 0.1) is 0 Å². The molecule has 1 aliphatic heterocycles. The van der Waals surface area contributed by atoms with E-state index in [2.05, 4.69) is 57.4 Å². The zero-order valence-electron chi connectivity index (χ0n) is 16.1. The van der Waals surface area contributed by atoms with Crippen molar-refractivity contribution in [2.24, 2.45) is 10.7 Å². The molecule has 3 heterocycles. The molecule has 140 valence electrons. The highest BCUT2D eigenvalue weighted by Crippen LogP contribution is 2.38. The number of fused-ring (bicyclic) bond motifs is 3. The van der Waals surface area contributed by atoms with Gasteiger partial charge in [0.15, 0.2) is 0 Å². The van der Waals surface area contributed by atoms with Crippen molar-refractivity contribution in [2.75, 3.05) is 24.3 Å². The summed E-state index contributed by atoms with van der Waals surface area (Å²) in [4.78, 5) is 14.8. The van der Waals surface area contributed by atoms with Crippen LogP contribution in [0.4, 0.5) is 11.5 Å². The van der Waals surface area contributed by atoms with Gasteiger partial charge in [-0.25, -0.2) is 4.98 Å². The quantitative estimate of drug-likeness (QED) is 0.639. The van der Waals surface area contributed by atoms with E-state index in [9.17, 15) is 0 Å². The Bertz CT molecular complexity index is 1000. The molecule has 3 aromatic rings. The molecule has 0 saturated heterocycles. The molecule has 6 heteroatoms. The first-order valence-electron chi connectivity index (χ1n) is 9.44. The van der Waals surface area contributed by atoms with Crippen LogP contribution >= 0.6 is 0 Å². The van der Waals surface area contributed by atoms with E-state index in [0.717, 1.165) is 52.2 Å². The number of nitrogens with two attached hydrogens (primary N) is 1. The molecule has 1 aliphatic rings. The lowest BCUT2D eigenvalue weighted by Gasteiger charge is -2.23. The van der Waals surface area contributed by atoms with Gasteiger partial charge in [0.1, 0.15) is 11.5 Å². The summed E-state index contributed by atoms with van der Waals surface area (Å²) in [6.07, 6.45) is 3.94. The molecule has 1 unspecified atom stereocenters. The fourth-order valence-electron chi connectivity index (χ4n) is 3.81. The first-order chi connectivity index (χ1) is 13.1. The van der Waals surface area contributed by atoms with Gasteiger partial charge in [0.2, 0.25) is 0 Å². The number of rotatable bonds is 5. The van der Waals surface area contributed by atoms with E-state index >= 15 is 0 Å². The second kappa shape index (κ2) is 7.04. The molecule has 1 atom stereocenters. The summed E-state index contributed by atoms with van der Waals surface area (Å²) in [5, 5.41) is 4.31. The van der Waals surface area contributed by atoms with Gasteiger partial charge in [0, 0.05) is 36.8 Å². The monoisotopic (exact) mass is 362 g/mol. The van der Waals surface area contributed by atoms with E-state index in [0.29, 0.717) is 6.54 Å². The maximum absolute atomic E-state index is 6.32. The fourth-order valence-corrected chi connectivity index (χ4v) is 3.81. The second-order valence-electron chi connectivity index (χ2n) is 7.07. The van der Waals surface area contributed by atoms with Gasteiger partial charge in [-0.3, -0.25) is 4.99 Å². The van der Waals surface area contributed by atoms with E-state index in [-0.39, 0.29) is 6.04 Å². The van der Waals surface area contributed by atoms with Gasteiger partial charge < -0.3 is 20.9 Å². The van der Waals surface area contributed by atoms with Crippen LogP contribution in [0.3, 0.4) is 0 Å². The number of H-pyrrole nitrogens is 1.